The molecule has 0 atom stereocenters. The van der Waals surface area contributed by atoms with Crippen LogP contribution in [0.3, 0.4) is 0 Å². The number of benzene rings is 4. The van der Waals surface area contributed by atoms with Gasteiger partial charge in [-0.25, -0.2) is 13.1 Å². The normalized spacial score (nSPS) is 11.3. The summed E-state index contributed by atoms with van der Waals surface area (Å²) < 4.78 is 32.1. The van der Waals surface area contributed by atoms with Gasteiger partial charge in [0.05, 0.1) is 16.3 Å². The Morgan fingerprint density at radius 3 is 2.32 bits per heavy atom. The highest BCUT2D eigenvalue weighted by Crippen LogP contribution is 2.24. The molecule has 0 bridgehead atoms. The van der Waals surface area contributed by atoms with Crippen molar-refractivity contribution in [2.75, 3.05) is 15.4 Å². The second-order valence-corrected chi connectivity index (χ2v) is 10.8. The van der Waals surface area contributed by atoms with Crippen LogP contribution in [0.15, 0.2) is 107 Å². The van der Waals surface area contributed by atoms with Gasteiger partial charge >= 0.3 is 0 Å². The third-order valence-electron chi connectivity index (χ3n) is 6.23. The van der Waals surface area contributed by atoms with Crippen molar-refractivity contribution in [3.05, 3.63) is 113 Å². The summed E-state index contributed by atoms with van der Waals surface area (Å²) in [5.74, 6) is 0. The average Bonchev–Trinajstić information content (AvgIpc) is 3.12. The van der Waals surface area contributed by atoms with Crippen molar-refractivity contribution in [2.24, 2.45) is 7.05 Å². The van der Waals surface area contributed by atoms with E-state index >= 15 is 0 Å². The van der Waals surface area contributed by atoms with Gasteiger partial charge < -0.3 is 10.6 Å². The molecule has 0 spiro atoms. The van der Waals surface area contributed by atoms with E-state index in [-0.39, 0.29) is 10.6 Å². The molecule has 0 aliphatic carbocycles. The maximum atomic E-state index is 13.3. The molecule has 1 aromatic heterocycles. The highest BCUT2D eigenvalue weighted by atomic mass is 32.2. The van der Waals surface area contributed by atoms with Gasteiger partial charge in [0.2, 0.25) is 0 Å². The smallest absolute Gasteiger partial charge is 0.296 e. The Bertz CT molecular complexity index is 1820. The fraction of sp³-hybridized carbons (Fsp3) is 0.0714. The molecule has 3 N–H and O–H groups in total. The van der Waals surface area contributed by atoms with E-state index in [1.165, 1.54) is 16.8 Å². The maximum absolute atomic E-state index is 13.3. The van der Waals surface area contributed by atoms with Crippen molar-refractivity contribution in [1.82, 2.24) is 9.36 Å². The van der Waals surface area contributed by atoms with E-state index in [2.05, 4.69) is 15.4 Å². The van der Waals surface area contributed by atoms with Gasteiger partial charge in [-0.1, -0.05) is 60.7 Å². The molecule has 0 unspecified atom stereocenters. The number of aromatic nitrogens is 2. The molecule has 0 radical (unpaired) electrons. The number of sulfonamides is 1. The van der Waals surface area contributed by atoms with E-state index < -0.39 is 15.6 Å². The summed E-state index contributed by atoms with van der Waals surface area (Å²) in [6.07, 6.45) is 0. The summed E-state index contributed by atoms with van der Waals surface area (Å²) in [7, 11) is -2.37. The molecule has 5 aromatic rings. The van der Waals surface area contributed by atoms with Crippen LogP contribution in [-0.2, 0) is 17.1 Å². The van der Waals surface area contributed by atoms with Crippen molar-refractivity contribution in [2.45, 2.75) is 11.8 Å². The lowest BCUT2D eigenvalue weighted by atomic mass is 10.1. The first kappa shape index (κ1) is 25.2. The first-order chi connectivity index (χ1) is 18.2. The van der Waals surface area contributed by atoms with Gasteiger partial charge in [-0.15, -0.1) is 0 Å². The van der Waals surface area contributed by atoms with Gasteiger partial charge in [-0.3, -0.25) is 14.2 Å². The van der Waals surface area contributed by atoms with Crippen molar-refractivity contribution in [3.63, 3.8) is 0 Å². The quantitative estimate of drug-likeness (QED) is 0.253. The average molecular weight is 544 g/mol. The summed E-state index contributed by atoms with van der Waals surface area (Å²) in [5.41, 5.74) is 1.96. The Balaban J connectivity index is 1.38. The Morgan fingerprint density at radius 2 is 1.53 bits per heavy atom. The van der Waals surface area contributed by atoms with Crippen LogP contribution in [0.5, 0.6) is 0 Å². The third-order valence-corrected chi connectivity index (χ3v) is 7.78. The first-order valence-electron chi connectivity index (χ1n) is 11.8. The second-order valence-electron chi connectivity index (χ2n) is 8.68. The highest BCUT2D eigenvalue weighted by Gasteiger charge is 2.23. The molecule has 0 aliphatic heterocycles. The van der Waals surface area contributed by atoms with Gasteiger partial charge in [-0.2, -0.15) is 0 Å². The van der Waals surface area contributed by atoms with Crippen molar-refractivity contribution in [3.8, 4) is 5.69 Å². The molecular formula is C28H25N5O3S2. The fourth-order valence-corrected chi connectivity index (χ4v) is 5.63. The molecule has 5 rings (SSSR count). The van der Waals surface area contributed by atoms with Crippen LogP contribution in [0.25, 0.3) is 16.5 Å². The second kappa shape index (κ2) is 10.2. The van der Waals surface area contributed by atoms with Gasteiger partial charge in [0.25, 0.3) is 15.6 Å². The van der Waals surface area contributed by atoms with Crippen LogP contribution in [0.2, 0.25) is 0 Å². The van der Waals surface area contributed by atoms with Gasteiger partial charge in [0.15, 0.2) is 5.11 Å². The first-order valence-corrected chi connectivity index (χ1v) is 13.7. The Morgan fingerprint density at radius 1 is 0.842 bits per heavy atom. The summed E-state index contributed by atoms with van der Waals surface area (Å²) in [4.78, 5) is 13.2. The van der Waals surface area contributed by atoms with Crippen LogP contribution in [-0.4, -0.2) is 22.9 Å². The monoisotopic (exact) mass is 543 g/mol. The summed E-state index contributed by atoms with van der Waals surface area (Å²) in [6.45, 7) is 1.69. The lowest BCUT2D eigenvalue weighted by Crippen LogP contribution is -2.23. The minimum atomic E-state index is -4.07. The van der Waals surface area contributed by atoms with E-state index in [1.807, 2.05) is 60.7 Å². The van der Waals surface area contributed by atoms with Gasteiger partial charge in [0.1, 0.15) is 5.69 Å². The summed E-state index contributed by atoms with van der Waals surface area (Å²) in [6, 6.07) is 29.1. The number of hydrogen-bond donors (Lipinski definition) is 3. The number of para-hydroxylation sites is 1. The predicted octanol–water partition coefficient (Wildman–Crippen LogP) is 5.25. The van der Waals surface area contributed by atoms with Crippen LogP contribution >= 0.6 is 12.2 Å². The number of thiocarbonyl (C=S) groups is 1. The molecule has 38 heavy (non-hydrogen) atoms. The number of rotatable bonds is 6. The summed E-state index contributed by atoms with van der Waals surface area (Å²) in [5, 5.41) is 8.62. The largest absolute Gasteiger partial charge is 0.332 e. The minimum absolute atomic E-state index is 0.00984. The minimum Gasteiger partial charge on any atom is -0.332 e. The van der Waals surface area contributed by atoms with Crippen molar-refractivity contribution < 1.29 is 8.42 Å². The zero-order valence-electron chi connectivity index (χ0n) is 20.7. The predicted molar refractivity (Wildman–Crippen MR) is 157 cm³/mol. The maximum Gasteiger partial charge on any atom is 0.296 e. The Kier molecular flexibility index (Phi) is 6.75. The van der Waals surface area contributed by atoms with Crippen LogP contribution < -0.4 is 20.9 Å². The third kappa shape index (κ3) is 4.91. The van der Waals surface area contributed by atoms with Crippen LogP contribution in [0, 0.1) is 6.92 Å². The lowest BCUT2D eigenvalue weighted by molar-refractivity contribution is 0.601. The summed E-state index contributed by atoms with van der Waals surface area (Å²) >= 11 is 5.49. The van der Waals surface area contributed by atoms with E-state index in [0.717, 1.165) is 16.5 Å². The van der Waals surface area contributed by atoms with Gasteiger partial charge in [-0.05, 0) is 60.9 Å². The molecule has 8 nitrogen and oxygen atoms in total. The lowest BCUT2D eigenvalue weighted by Gasteiger charge is -2.14. The van der Waals surface area contributed by atoms with E-state index in [0.29, 0.717) is 22.2 Å². The van der Waals surface area contributed by atoms with E-state index in [1.54, 1.807) is 42.9 Å². The zero-order valence-corrected chi connectivity index (χ0v) is 22.3. The number of nitrogens with one attached hydrogen (secondary N) is 3. The molecule has 0 aliphatic rings. The van der Waals surface area contributed by atoms with Crippen LogP contribution in [0.4, 0.5) is 17.1 Å². The highest BCUT2D eigenvalue weighted by molar-refractivity contribution is 7.92. The molecule has 0 saturated carbocycles. The molecule has 0 fully saturated rings. The topological polar surface area (TPSA) is 97.2 Å². The van der Waals surface area contributed by atoms with Crippen LogP contribution in [0.1, 0.15) is 5.69 Å². The SMILES string of the molecule is Cc1c(NS(=O)(=O)c2cccc(NC(=S)Nc3cccc4ccccc34)c2)c(=O)n(-c2ccccc2)n1C. The molecule has 4 aromatic carbocycles. The number of nitrogens with zero attached hydrogens (tertiary/aromatic N) is 2. The van der Waals surface area contributed by atoms with Crippen molar-refractivity contribution in [1.29, 1.82) is 0 Å². The molecular weight excluding hydrogens is 518 g/mol. The molecule has 1 heterocycles. The Labute approximate surface area is 225 Å². The van der Waals surface area contributed by atoms with E-state index in [4.69, 9.17) is 12.2 Å². The molecule has 10 heteroatoms. The number of fused-ring (bicyclic) bond motifs is 1. The molecule has 192 valence electrons. The number of anilines is 3. The molecule has 0 saturated heterocycles. The van der Waals surface area contributed by atoms with Crippen molar-refractivity contribution >= 4 is 55.2 Å². The zero-order chi connectivity index (χ0) is 26.9. The molecule has 0 amide bonds. The Hall–Kier alpha value is -4.41. The van der Waals surface area contributed by atoms with Gasteiger partial charge in [0, 0.05) is 23.8 Å². The van der Waals surface area contributed by atoms with E-state index in [9.17, 15) is 13.2 Å². The fourth-order valence-electron chi connectivity index (χ4n) is 4.24. The standard InChI is InChI=1S/C28H25N5O3S2/c1-19-26(27(34)33(32(19)2)22-13-4-3-5-14-22)31-38(35,36)23-15-9-12-21(18-23)29-28(37)30-25-17-8-11-20-10-6-7-16-24(20)25/h3-18,31H,1-2H3,(H2,29,30,37). The number of hydrogen-bond acceptors (Lipinski definition) is 4.